The molecule has 0 aliphatic rings. The second-order valence-corrected chi connectivity index (χ2v) is 8.40. The molecule has 1 amide bonds. The normalized spacial score (nSPS) is 11.7. The van der Waals surface area contributed by atoms with E-state index >= 15 is 0 Å². The molecule has 1 heterocycles. The molecule has 162 valence electrons. The summed E-state index contributed by atoms with van der Waals surface area (Å²) in [6, 6.07) is 13.6. The van der Waals surface area contributed by atoms with Gasteiger partial charge >= 0.3 is 0 Å². The number of hydrogen-bond donors (Lipinski definition) is 1. The van der Waals surface area contributed by atoms with Gasteiger partial charge in [-0.25, -0.2) is 0 Å². The zero-order valence-corrected chi connectivity index (χ0v) is 19.0. The molecule has 2 aromatic carbocycles. The number of ether oxygens (including phenoxy) is 2. The summed E-state index contributed by atoms with van der Waals surface area (Å²) >= 11 is 1.40. The molecule has 0 saturated heterocycles. The Bertz CT molecular complexity index is 1060. The minimum absolute atomic E-state index is 0.0159. The molecule has 5 nitrogen and oxygen atoms in total. The van der Waals surface area contributed by atoms with Crippen LogP contribution in [0.5, 0.6) is 5.75 Å². The van der Waals surface area contributed by atoms with Gasteiger partial charge in [-0.15, -0.1) is 11.3 Å². The van der Waals surface area contributed by atoms with Crippen LogP contribution in [0.3, 0.4) is 0 Å². The lowest BCUT2D eigenvalue weighted by atomic mass is 9.95. The Balaban J connectivity index is 1.95. The van der Waals surface area contributed by atoms with Crippen LogP contribution in [0.15, 0.2) is 53.2 Å². The van der Waals surface area contributed by atoms with E-state index in [0.717, 1.165) is 16.7 Å². The maximum Gasteiger partial charge on any atom is 0.260 e. The summed E-state index contributed by atoms with van der Waals surface area (Å²) in [4.78, 5) is 25.8. The minimum atomic E-state index is -0.273. The molecule has 1 aromatic heterocycles. The van der Waals surface area contributed by atoms with Crippen molar-refractivity contribution in [1.82, 2.24) is 0 Å². The summed E-state index contributed by atoms with van der Waals surface area (Å²) in [6.45, 7) is 4.53. The molecular formula is C25H27NO4S. The highest BCUT2D eigenvalue weighted by atomic mass is 32.1. The Morgan fingerprint density at radius 1 is 1.03 bits per heavy atom. The standard InChI is InChI=1S/C25H27NO4S/c1-16-5-7-18(8-6-16)19-10-20(23(27)9-17(2)13-29-3)12-21(11-19)26-25(28)22-14-31-15-24(22)30-4/h5-8,10-12,14-15,17H,9,13H2,1-4H3,(H,26,28). The smallest absolute Gasteiger partial charge is 0.260 e. The fourth-order valence-electron chi connectivity index (χ4n) is 3.36. The van der Waals surface area contributed by atoms with Gasteiger partial charge in [-0.2, -0.15) is 0 Å². The van der Waals surface area contributed by atoms with Gasteiger partial charge in [-0.3, -0.25) is 9.59 Å². The van der Waals surface area contributed by atoms with E-state index in [-0.39, 0.29) is 17.6 Å². The van der Waals surface area contributed by atoms with Crippen molar-refractivity contribution in [2.45, 2.75) is 20.3 Å². The molecule has 6 heteroatoms. The van der Waals surface area contributed by atoms with Crippen LogP contribution in [-0.2, 0) is 4.74 Å². The number of ketones is 1. The molecule has 0 spiro atoms. The third-order valence-corrected chi connectivity index (χ3v) is 5.70. The number of thiophene rings is 1. The molecule has 1 N–H and O–H groups in total. The first-order valence-electron chi connectivity index (χ1n) is 10.1. The van der Waals surface area contributed by atoms with Gasteiger partial charge in [0, 0.05) is 42.1 Å². The average Bonchev–Trinajstić information content (AvgIpc) is 3.23. The highest BCUT2D eigenvalue weighted by Gasteiger charge is 2.17. The molecule has 31 heavy (non-hydrogen) atoms. The Labute approximate surface area is 187 Å². The van der Waals surface area contributed by atoms with Crippen molar-refractivity contribution in [2.24, 2.45) is 5.92 Å². The molecule has 3 rings (SSSR count). The van der Waals surface area contributed by atoms with E-state index in [0.29, 0.717) is 35.6 Å². The van der Waals surface area contributed by atoms with E-state index in [9.17, 15) is 9.59 Å². The third-order valence-electron chi connectivity index (χ3n) is 4.97. The predicted molar refractivity (Wildman–Crippen MR) is 125 cm³/mol. The zero-order valence-electron chi connectivity index (χ0n) is 18.2. The van der Waals surface area contributed by atoms with Crippen molar-refractivity contribution in [3.63, 3.8) is 0 Å². The molecule has 0 radical (unpaired) electrons. The Kier molecular flexibility index (Phi) is 7.60. The second-order valence-electron chi connectivity index (χ2n) is 7.66. The highest BCUT2D eigenvalue weighted by Crippen LogP contribution is 2.29. The molecule has 0 aliphatic heterocycles. The van der Waals surface area contributed by atoms with E-state index in [1.807, 2.05) is 50.2 Å². The van der Waals surface area contributed by atoms with Crippen molar-refractivity contribution < 1.29 is 19.1 Å². The fourth-order valence-corrected chi connectivity index (χ4v) is 4.13. The Hall–Kier alpha value is -2.96. The van der Waals surface area contributed by atoms with Gasteiger partial charge in [-0.05, 0) is 42.2 Å². The second kappa shape index (κ2) is 10.4. The lowest BCUT2D eigenvalue weighted by Gasteiger charge is -2.13. The Morgan fingerprint density at radius 3 is 2.45 bits per heavy atom. The number of nitrogens with one attached hydrogen (secondary N) is 1. The number of anilines is 1. The maximum absolute atomic E-state index is 12.9. The lowest BCUT2D eigenvalue weighted by Crippen LogP contribution is -2.14. The van der Waals surface area contributed by atoms with E-state index < -0.39 is 0 Å². The molecule has 0 aliphatic carbocycles. The fraction of sp³-hybridized carbons (Fsp3) is 0.280. The lowest BCUT2D eigenvalue weighted by molar-refractivity contribution is 0.0919. The summed E-state index contributed by atoms with van der Waals surface area (Å²) in [5.74, 6) is 0.378. The van der Waals surface area contributed by atoms with Crippen molar-refractivity contribution in [3.05, 3.63) is 69.9 Å². The van der Waals surface area contributed by atoms with Gasteiger partial charge in [0.05, 0.1) is 12.7 Å². The first-order valence-corrected chi connectivity index (χ1v) is 11.0. The SMILES string of the molecule is COCC(C)CC(=O)c1cc(NC(=O)c2cscc2OC)cc(-c2ccc(C)cc2)c1. The number of carbonyl (C=O) groups is 2. The number of amides is 1. The molecule has 0 saturated carbocycles. The summed E-state index contributed by atoms with van der Waals surface area (Å²) in [7, 11) is 3.17. The third kappa shape index (κ3) is 5.81. The zero-order chi connectivity index (χ0) is 22.4. The maximum atomic E-state index is 12.9. The molecular weight excluding hydrogens is 410 g/mol. The summed E-state index contributed by atoms with van der Waals surface area (Å²) in [5.41, 5.74) is 4.61. The van der Waals surface area contributed by atoms with Gasteiger partial charge in [0.15, 0.2) is 5.78 Å². The van der Waals surface area contributed by atoms with E-state index in [1.165, 1.54) is 18.4 Å². The molecule has 3 aromatic rings. The minimum Gasteiger partial charge on any atom is -0.495 e. The van der Waals surface area contributed by atoms with Crippen LogP contribution in [0.2, 0.25) is 0 Å². The van der Waals surface area contributed by atoms with Crippen LogP contribution in [0.4, 0.5) is 5.69 Å². The topological polar surface area (TPSA) is 64.6 Å². The summed E-state index contributed by atoms with van der Waals surface area (Å²) < 4.78 is 10.4. The number of aryl methyl sites for hydroxylation is 1. The summed E-state index contributed by atoms with van der Waals surface area (Å²) in [6.07, 6.45) is 0.372. The van der Waals surface area contributed by atoms with Crippen LogP contribution in [0, 0.1) is 12.8 Å². The first-order chi connectivity index (χ1) is 14.9. The van der Waals surface area contributed by atoms with Crippen LogP contribution in [-0.4, -0.2) is 32.5 Å². The van der Waals surface area contributed by atoms with Gasteiger partial charge < -0.3 is 14.8 Å². The highest BCUT2D eigenvalue weighted by molar-refractivity contribution is 7.08. The summed E-state index contributed by atoms with van der Waals surface area (Å²) in [5, 5.41) is 6.45. The van der Waals surface area contributed by atoms with Crippen LogP contribution >= 0.6 is 11.3 Å². The number of methoxy groups -OCH3 is 2. The van der Waals surface area contributed by atoms with Crippen LogP contribution in [0.1, 0.15) is 39.6 Å². The largest absolute Gasteiger partial charge is 0.495 e. The van der Waals surface area contributed by atoms with Crippen molar-refractivity contribution in [1.29, 1.82) is 0 Å². The predicted octanol–water partition coefficient (Wildman–Crippen LogP) is 5.84. The number of Topliss-reactive ketones (excluding diaryl/α,β-unsaturated/α-hetero) is 1. The quantitative estimate of drug-likeness (QED) is 0.427. The number of rotatable bonds is 9. The van der Waals surface area contributed by atoms with E-state index in [4.69, 9.17) is 9.47 Å². The van der Waals surface area contributed by atoms with Crippen LogP contribution in [0.25, 0.3) is 11.1 Å². The molecule has 1 unspecified atom stereocenters. The first kappa shape index (κ1) is 22.7. The number of hydrogen-bond acceptors (Lipinski definition) is 5. The van der Waals surface area contributed by atoms with E-state index in [1.54, 1.807) is 23.9 Å². The monoisotopic (exact) mass is 437 g/mol. The molecule has 0 fully saturated rings. The van der Waals surface area contributed by atoms with Crippen molar-refractivity contribution >= 4 is 28.7 Å². The van der Waals surface area contributed by atoms with Crippen LogP contribution < -0.4 is 10.1 Å². The molecule has 0 bridgehead atoms. The number of benzene rings is 2. The van der Waals surface area contributed by atoms with E-state index in [2.05, 4.69) is 5.32 Å². The number of carbonyl (C=O) groups excluding carboxylic acids is 2. The van der Waals surface area contributed by atoms with Gasteiger partial charge in [0.2, 0.25) is 0 Å². The Morgan fingerprint density at radius 2 is 1.77 bits per heavy atom. The van der Waals surface area contributed by atoms with Crippen molar-refractivity contribution in [2.75, 3.05) is 26.1 Å². The van der Waals surface area contributed by atoms with Gasteiger partial charge in [0.1, 0.15) is 5.75 Å². The average molecular weight is 438 g/mol. The molecule has 1 atom stereocenters. The van der Waals surface area contributed by atoms with Gasteiger partial charge in [0.25, 0.3) is 5.91 Å². The van der Waals surface area contributed by atoms with Gasteiger partial charge in [-0.1, -0.05) is 36.8 Å². The van der Waals surface area contributed by atoms with Crippen molar-refractivity contribution in [3.8, 4) is 16.9 Å².